The second-order valence-electron chi connectivity index (χ2n) is 14.5. The van der Waals surface area contributed by atoms with Gasteiger partial charge in [0.15, 0.2) is 8.07 Å². The van der Waals surface area contributed by atoms with Gasteiger partial charge in [-0.2, -0.15) is 0 Å². The molecule has 10 rings (SSSR count). The zero-order chi connectivity index (χ0) is 38.0. The summed E-state index contributed by atoms with van der Waals surface area (Å²) in [5.74, 6) is 0. The monoisotopic (exact) mass is 745 g/mol. The number of benzene rings is 9. The highest BCUT2D eigenvalue weighted by Gasteiger charge is 2.41. The summed E-state index contributed by atoms with van der Waals surface area (Å²) in [4.78, 5) is 2.38. The molecule has 0 N–H and O–H groups in total. The van der Waals surface area contributed by atoms with Gasteiger partial charge in [0.05, 0.1) is 0 Å². The summed E-state index contributed by atoms with van der Waals surface area (Å²) in [6.07, 6.45) is 0. The number of nitrogens with zero attached hydrogens (tertiary/aromatic N) is 1. The predicted molar refractivity (Wildman–Crippen MR) is 243 cm³/mol. The van der Waals surface area contributed by atoms with Crippen molar-refractivity contribution in [1.29, 1.82) is 0 Å². The van der Waals surface area contributed by atoms with Crippen molar-refractivity contribution in [3.05, 3.63) is 237 Å². The van der Waals surface area contributed by atoms with Gasteiger partial charge in [0.25, 0.3) is 0 Å². The van der Waals surface area contributed by atoms with E-state index < -0.39 is 8.07 Å². The zero-order valence-electron chi connectivity index (χ0n) is 31.4. The fraction of sp³-hybridized carbons (Fsp3) is 0. The van der Waals surface area contributed by atoms with Gasteiger partial charge in [0.2, 0.25) is 0 Å². The third kappa shape index (κ3) is 6.25. The van der Waals surface area contributed by atoms with Crippen LogP contribution in [-0.4, -0.2) is 8.07 Å². The highest BCUT2D eigenvalue weighted by atomic mass is 28.3. The third-order valence-electron chi connectivity index (χ3n) is 11.2. The van der Waals surface area contributed by atoms with Crippen molar-refractivity contribution in [2.75, 3.05) is 4.90 Å². The topological polar surface area (TPSA) is 16.4 Å². The Balaban J connectivity index is 1.17. The van der Waals surface area contributed by atoms with Crippen LogP contribution < -0.4 is 25.6 Å². The second-order valence-corrected chi connectivity index (χ2v) is 18.3. The summed E-state index contributed by atoms with van der Waals surface area (Å²) in [5, 5.41) is 7.56. The Hall–Kier alpha value is -7.20. The van der Waals surface area contributed by atoms with Crippen LogP contribution in [0, 0.1) is 0 Å². The normalized spacial score (nSPS) is 11.5. The van der Waals surface area contributed by atoms with Crippen molar-refractivity contribution in [2.24, 2.45) is 0 Å². The van der Waals surface area contributed by atoms with E-state index in [0.29, 0.717) is 0 Å². The van der Waals surface area contributed by atoms with Gasteiger partial charge in [0.1, 0.15) is 11.2 Å². The molecule has 1 heterocycles. The van der Waals surface area contributed by atoms with Crippen molar-refractivity contribution in [1.82, 2.24) is 0 Å². The first-order chi connectivity index (χ1) is 28.3. The van der Waals surface area contributed by atoms with Crippen LogP contribution in [0.15, 0.2) is 241 Å². The van der Waals surface area contributed by atoms with Crippen LogP contribution in [0.1, 0.15) is 0 Å². The summed E-state index contributed by atoms with van der Waals surface area (Å²) in [7, 11) is -2.78. The molecule has 2 nitrogen and oxygen atoms in total. The van der Waals surface area contributed by atoms with Gasteiger partial charge in [-0.05, 0) is 91.5 Å². The van der Waals surface area contributed by atoms with Gasteiger partial charge < -0.3 is 9.32 Å². The number of hydrogen-bond acceptors (Lipinski definition) is 2. The van der Waals surface area contributed by atoms with Crippen molar-refractivity contribution in [2.45, 2.75) is 0 Å². The molecule has 0 saturated heterocycles. The fourth-order valence-corrected chi connectivity index (χ4v) is 13.3. The lowest BCUT2D eigenvalue weighted by Gasteiger charge is -2.35. The molecule has 0 saturated carbocycles. The molecule has 0 radical (unpaired) electrons. The molecule has 3 heteroatoms. The summed E-state index contributed by atoms with van der Waals surface area (Å²) in [6.45, 7) is 0. The van der Waals surface area contributed by atoms with Crippen LogP contribution in [0.4, 0.5) is 17.1 Å². The molecule has 9 aromatic carbocycles. The molecule has 0 aliphatic carbocycles. The van der Waals surface area contributed by atoms with Gasteiger partial charge in [-0.15, -0.1) is 0 Å². The summed E-state index contributed by atoms with van der Waals surface area (Å²) in [6, 6.07) is 85.7. The fourth-order valence-electron chi connectivity index (χ4n) is 8.54. The minimum Gasteiger partial charge on any atom is -0.456 e. The molecule has 0 atom stereocenters. The maximum absolute atomic E-state index is 6.69. The first-order valence-corrected chi connectivity index (χ1v) is 21.5. The van der Waals surface area contributed by atoms with E-state index in [0.717, 1.165) is 44.6 Å². The van der Waals surface area contributed by atoms with E-state index in [9.17, 15) is 0 Å². The molecule has 10 aromatic rings. The van der Waals surface area contributed by atoms with Gasteiger partial charge in [-0.1, -0.05) is 182 Å². The van der Waals surface area contributed by atoms with Crippen LogP contribution >= 0.6 is 0 Å². The van der Waals surface area contributed by atoms with Crippen LogP contribution in [0.3, 0.4) is 0 Å². The minimum atomic E-state index is -2.78. The maximum atomic E-state index is 6.69. The zero-order valence-corrected chi connectivity index (χ0v) is 32.4. The Morgan fingerprint density at radius 1 is 0.281 bits per heavy atom. The number of furan rings is 1. The number of fused-ring (bicyclic) bond motifs is 3. The first kappa shape index (κ1) is 34.3. The van der Waals surface area contributed by atoms with Crippen molar-refractivity contribution in [3.63, 3.8) is 0 Å². The number of anilines is 3. The summed E-state index contributed by atoms with van der Waals surface area (Å²) < 4.78 is 6.69. The van der Waals surface area contributed by atoms with E-state index in [2.05, 4.69) is 241 Å². The lowest BCUT2D eigenvalue weighted by molar-refractivity contribution is 0.669. The third-order valence-corrected chi connectivity index (χ3v) is 16.0. The van der Waals surface area contributed by atoms with Crippen LogP contribution in [0.25, 0.3) is 44.2 Å². The molecular formula is C54H39NOSi. The molecule has 0 bridgehead atoms. The molecule has 0 unspecified atom stereocenters. The molecule has 0 aliphatic heterocycles. The summed E-state index contributed by atoms with van der Waals surface area (Å²) in [5.41, 5.74) is 9.61. The molecule has 0 aliphatic rings. The Bertz CT molecular complexity index is 2830. The van der Waals surface area contributed by atoms with E-state index in [1.807, 2.05) is 0 Å². The molecule has 0 spiro atoms. The number of hydrogen-bond donors (Lipinski definition) is 0. The lowest BCUT2D eigenvalue weighted by Crippen LogP contribution is -2.74. The maximum Gasteiger partial charge on any atom is 0.179 e. The van der Waals surface area contributed by atoms with Gasteiger partial charge in [-0.25, -0.2) is 0 Å². The van der Waals surface area contributed by atoms with Crippen molar-refractivity contribution in [3.8, 4) is 22.3 Å². The number of rotatable bonds is 9. The average Bonchev–Trinajstić information content (AvgIpc) is 3.66. The Kier molecular flexibility index (Phi) is 8.90. The second kappa shape index (κ2) is 14.8. The van der Waals surface area contributed by atoms with Gasteiger partial charge in [0, 0.05) is 33.9 Å². The largest absolute Gasteiger partial charge is 0.456 e. The molecule has 57 heavy (non-hydrogen) atoms. The van der Waals surface area contributed by atoms with Crippen LogP contribution in [-0.2, 0) is 0 Å². The molecule has 0 amide bonds. The van der Waals surface area contributed by atoms with Gasteiger partial charge in [-0.3, -0.25) is 0 Å². The SMILES string of the molecule is c1ccc(-c2ccc(N(c3cccc([Si](c4ccccc4)(c4ccccc4)c4ccccc4)c3)c3ccc4c(c3)oc3cc(-c5ccccc5)ccc34)cc2)cc1. The van der Waals surface area contributed by atoms with Crippen LogP contribution in [0.2, 0.25) is 0 Å². The molecule has 270 valence electrons. The summed E-state index contributed by atoms with van der Waals surface area (Å²) >= 11 is 0. The van der Waals surface area contributed by atoms with Crippen molar-refractivity contribution >= 4 is 67.8 Å². The smallest absolute Gasteiger partial charge is 0.179 e. The minimum absolute atomic E-state index is 0.858. The van der Waals surface area contributed by atoms with E-state index in [-0.39, 0.29) is 0 Å². The average molecular weight is 746 g/mol. The Labute approximate surface area is 334 Å². The Morgan fingerprint density at radius 2 is 0.684 bits per heavy atom. The lowest BCUT2D eigenvalue weighted by atomic mass is 10.0. The van der Waals surface area contributed by atoms with Gasteiger partial charge >= 0.3 is 0 Å². The highest BCUT2D eigenvalue weighted by molar-refractivity contribution is 7.19. The molecule has 1 aromatic heterocycles. The standard InChI is InChI=1S/C54H39NOSi/c1-6-17-40(18-7-1)42-29-32-44(33-30-42)55(46-34-36-52-51-35-31-43(41-19-8-2-9-20-41)37-53(51)56-54(52)39-46)45-21-16-28-50(38-45)57(47-22-10-3-11-23-47,48-24-12-4-13-25-48)49-26-14-5-15-27-49/h1-39H. The van der Waals surface area contributed by atoms with E-state index in [1.165, 1.54) is 37.4 Å². The first-order valence-electron chi connectivity index (χ1n) is 19.5. The van der Waals surface area contributed by atoms with Crippen LogP contribution in [0.5, 0.6) is 0 Å². The molecule has 0 fully saturated rings. The van der Waals surface area contributed by atoms with E-state index in [4.69, 9.17) is 4.42 Å². The molecular weight excluding hydrogens is 707 g/mol. The highest BCUT2D eigenvalue weighted by Crippen LogP contribution is 2.40. The van der Waals surface area contributed by atoms with E-state index >= 15 is 0 Å². The van der Waals surface area contributed by atoms with E-state index in [1.54, 1.807) is 0 Å². The quantitative estimate of drug-likeness (QED) is 0.108. The predicted octanol–water partition coefficient (Wildman–Crippen LogP) is 11.8. The Morgan fingerprint density at radius 3 is 1.25 bits per heavy atom. The van der Waals surface area contributed by atoms with Crippen molar-refractivity contribution < 1.29 is 4.42 Å².